The highest BCUT2D eigenvalue weighted by Gasteiger charge is 2.10. The van der Waals surface area contributed by atoms with Gasteiger partial charge in [0.05, 0.1) is 6.10 Å². The highest BCUT2D eigenvalue weighted by Crippen LogP contribution is 2.23. The largest absolute Gasteiger partial charge is 0.388 e. The maximum Gasteiger partial charge on any atom is 0.123 e. The quantitative estimate of drug-likeness (QED) is 0.911. The average Bonchev–Trinajstić information content (AvgIpc) is 2.32. The Balaban J connectivity index is 2.17. The fourth-order valence-corrected chi connectivity index (χ4v) is 2.15. The zero-order valence-corrected chi connectivity index (χ0v) is 10.7. The van der Waals surface area contributed by atoms with Gasteiger partial charge in [0.2, 0.25) is 0 Å². The Kier molecular flexibility index (Phi) is 3.92. The molecule has 0 saturated carbocycles. The van der Waals surface area contributed by atoms with Crippen molar-refractivity contribution in [2.24, 2.45) is 0 Å². The summed E-state index contributed by atoms with van der Waals surface area (Å²) in [5.41, 5.74) is 1.60. The highest BCUT2D eigenvalue weighted by atomic mass is 79.9. The molecule has 1 nitrogen and oxygen atoms in total. The maximum atomic E-state index is 13.0. The van der Waals surface area contributed by atoms with Gasteiger partial charge in [0.15, 0.2) is 0 Å². The van der Waals surface area contributed by atoms with E-state index in [9.17, 15) is 9.50 Å². The lowest BCUT2D eigenvalue weighted by Gasteiger charge is -2.12. The van der Waals surface area contributed by atoms with Crippen LogP contribution in [0.4, 0.5) is 4.39 Å². The molecule has 0 aliphatic carbocycles. The van der Waals surface area contributed by atoms with Crippen molar-refractivity contribution in [1.82, 2.24) is 0 Å². The van der Waals surface area contributed by atoms with E-state index in [2.05, 4.69) is 15.9 Å². The topological polar surface area (TPSA) is 20.2 Å². The number of aliphatic hydroxyl groups excluding tert-OH is 1. The van der Waals surface area contributed by atoms with Gasteiger partial charge in [-0.15, -0.1) is 0 Å². The molecule has 1 unspecified atom stereocenters. The second-order valence-electron chi connectivity index (χ2n) is 3.87. The standard InChI is InChI=1S/C14H12BrFO/c15-13-7-2-1-4-10(13)9-14(17)11-5-3-6-12(16)8-11/h1-8,14,17H,9H2. The predicted octanol–water partition coefficient (Wildman–Crippen LogP) is 3.86. The Morgan fingerprint density at radius 2 is 1.88 bits per heavy atom. The van der Waals surface area contributed by atoms with Crippen LogP contribution in [-0.4, -0.2) is 5.11 Å². The van der Waals surface area contributed by atoms with E-state index < -0.39 is 6.10 Å². The molecule has 0 aromatic heterocycles. The molecule has 0 heterocycles. The van der Waals surface area contributed by atoms with E-state index >= 15 is 0 Å². The molecule has 88 valence electrons. The van der Waals surface area contributed by atoms with Crippen molar-refractivity contribution in [3.05, 3.63) is 69.9 Å². The summed E-state index contributed by atoms with van der Waals surface area (Å²) < 4.78 is 14.0. The van der Waals surface area contributed by atoms with Gasteiger partial charge < -0.3 is 5.11 Å². The number of hydrogen-bond donors (Lipinski definition) is 1. The molecule has 2 rings (SSSR count). The van der Waals surface area contributed by atoms with Gasteiger partial charge in [0.1, 0.15) is 5.82 Å². The molecular formula is C14H12BrFO. The lowest BCUT2D eigenvalue weighted by molar-refractivity contribution is 0.178. The summed E-state index contributed by atoms with van der Waals surface area (Å²) in [5, 5.41) is 10.0. The molecule has 2 aromatic carbocycles. The SMILES string of the molecule is OC(Cc1ccccc1Br)c1cccc(F)c1. The normalized spacial score (nSPS) is 12.4. The third-order valence-corrected chi connectivity index (χ3v) is 3.38. The minimum Gasteiger partial charge on any atom is -0.388 e. The summed E-state index contributed by atoms with van der Waals surface area (Å²) in [6.07, 6.45) is -0.227. The average molecular weight is 295 g/mol. The summed E-state index contributed by atoms with van der Waals surface area (Å²) in [7, 11) is 0. The second-order valence-corrected chi connectivity index (χ2v) is 4.72. The Morgan fingerprint density at radius 3 is 2.59 bits per heavy atom. The number of aliphatic hydroxyl groups is 1. The first-order chi connectivity index (χ1) is 8.16. The summed E-state index contributed by atoms with van der Waals surface area (Å²) in [5.74, 6) is -0.325. The molecule has 17 heavy (non-hydrogen) atoms. The van der Waals surface area contributed by atoms with Gasteiger partial charge >= 0.3 is 0 Å². The van der Waals surface area contributed by atoms with Gasteiger partial charge in [0.25, 0.3) is 0 Å². The van der Waals surface area contributed by atoms with Gasteiger partial charge in [0, 0.05) is 10.9 Å². The first-order valence-electron chi connectivity index (χ1n) is 5.34. The third-order valence-electron chi connectivity index (χ3n) is 2.60. The van der Waals surface area contributed by atoms with Gasteiger partial charge in [-0.05, 0) is 29.3 Å². The van der Waals surface area contributed by atoms with Crippen molar-refractivity contribution in [2.75, 3.05) is 0 Å². The van der Waals surface area contributed by atoms with Crippen molar-refractivity contribution in [3.8, 4) is 0 Å². The molecule has 1 atom stereocenters. The van der Waals surface area contributed by atoms with E-state index in [0.717, 1.165) is 10.0 Å². The van der Waals surface area contributed by atoms with Crippen molar-refractivity contribution in [3.63, 3.8) is 0 Å². The predicted molar refractivity (Wildman–Crippen MR) is 69.2 cm³/mol. The molecule has 3 heteroatoms. The van der Waals surface area contributed by atoms with Crippen molar-refractivity contribution in [1.29, 1.82) is 0 Å². The van der Waals surface area contributed by atoms with Crippen LogP contribution >= 0.6 is 15.9 Å². The molecule has 0 fully saturated rings. The van der Waals surface area contributed by atoms with Gasteiger partial charge in [-0.2, -0.15) is 0 Å². The van der Waals surface area contributed by atoms with Crippen LogP contribution in [0.15, 0.2) is 53.0 Å². The van der Waals surface area contributed by atoms with Crippen LogP contribution in [0.2, 0.25) is 0 Å². The first kappa shape index (κ1) is 12.3. The number of hydrogen-bond acceptors (Lipinski definition) is 1. The maximum absolute atomic E-state index is 13.0. The van der Waals surface area contributed by atoms with Crippen LogP contribution in [-0.2, 0) is 6.42 Å². The number of halogens is 2. The Hall–Kier alpha value is -1.19. The summed E-state index contributed by atoms with van der Waals surface area (Å²) in [6, 6.07) is 13.8. The fraction of sp³-hybridized carbons (Fsp3) is 0.143. The summed E-state index contributed by atoms with van der Waals surface area (Å²) in [4.78, 5) is 0. The lowest BCUT2D eigenvalue weighted by atomic mass is 10.0. The summed E-state index contributed by atoms with van der Waals surface area (Å²) >= 11 is 3.43. The smallest absolute Gasteiger partial charge is 0.123 e. The van der Waals surface area contributed by atoms with Crippen LogP contribution in [0, 0.1) is 5.82 Å². The Bertz CT molecular complexity index is 513. The molecule has 0 amide bonds. The second kappa shape index (κ2) is 5.43. The first-order valence-corrected chi connectivity index (χ1v) is 6.13. The van der Waals surface area contributed by atoms with E-state index in [0.29, 0.717) is 12.0 Å². The molecule has 0 aliphatic rings. The van der Waals surface area contributed by atoms with E-state index in [-0.39, 0.29) is 5.82 Å². The van der Waals surface area contributed by atoms with Crippen molar-refractivity contribution >= 4 is 15.9 Å². The Morgan fingerprint density at radius 1 is 1.12 bits per heavy atom. The van der Waals surface area contributed by atoms with E-state index in [1.165, 1.54) is 12.1 Å². The minimum absolute atomic E-state index is 0.325. The van der Waals surface area contributed by atoms with Crippen molar-refractivity contribution in [2.45, 2.75) is 12.5 Å². The van der Waals surface area contributed by atoms with Crippen LogP contribution in [0.3, 0.4) is 0 Å². The molecule has 0 aliphatic heterocycles. The van der Waals surface area contributed by atoms with Gasteiger partial charge in [-0.25, -0.2) is 4.39 Å². The van der Waals surface area contributed by atoms with Gasteiger partial charge in [-0.3, -0.25) is 0 Å². The van der Waals surface area contributed by atoms with Crippen LogP contribution in [0.5, 0.6) is 0 Å². The monoisotopic (exact) mass is 294 g/mol. The number of benzene rings is 2. The lowest BCUT2D eigenvalue weighted by Crippen LogP contribution is -2.02. The van der Waals surface area contributed by atoms with E-state index in [4.69, 9.17) is 0 Å². The third kappa shape index (κ3) is 3.14. The molecule has 0 spiro atoms. The highest BCUT2D eigenvalue weighted by molar-refractivity contribution is 9.10. The molecule has 0 radical (unpaired) electrons. The Labute approximate surface area is 108 Å². The van der Waals surface area contributed by atoms with E-state index in [1.54, 1.807) is 12.1 Å². The van der Waals surface area contributed by atoms with Crippen LogP contribution < -0.4 is 0 Å². The number of rotatable bonds is 3. The van der Waals surface area contributed by atoms with Crippen LogP contribution in [0.1, 0.15) is 17.2 Å². The zero-order chi connectivity index (χ0) is 12.3. The van der Waals surface area contributed by atoms with Crippen molar-refractivity contribution < 1.29 is 9.50 Å². The van der Waals surface area contributed by atoms with Crippen LogP contribution in [0.25, 0.3) is 0 Å². The molecule has 0 saturated heterocycles. The van der Waals surface area contributed by atoms with E-state index in [1.807, 2.05) is 24.3 Å². The fourth-order valence-electron chi connectivity index (χ4n) is 1.70. The molecule has 1 N–H and O–H groups in total. The van der Waals surface area contributed by atoms with Gasteiger partial charge in [-0.1, -0.05) is 46.3 Å². The zero-order valence-electron chi connectivity index (χ0n) is 9.11. The molecule has 2 aromatic rings. The molecular weight excluding hydrogens is 283 g/mol. The summed E-state index contributed by atoms with van der Waals surface area (Å²) in [6.45, 7) is 0. The molecule has 0 bridgehead atoms. The minimum atomic E-state index is -0.690.